The van der Waals surface area contributed by atoms with Crippen LogP contribution in [0.2, 0.25) is 0 Å². The van der Waals surface area contributed by atoms with E-state index in [0.717, 1.165) is 41.9 Å². The van der Waals surface area contributed by atoms with Gasteiger partial charge in [-0.1, -0.05) is 30.3 Å². The Bertz CT molecular complexity index is 1120. The number of carbonyl (C=O) groups is 1. The van der Waals surface area contributed by atoms with Crippen LogP contribution in [0.1, 0.15) is 30.1 Å². The molecular formula is C24H24N4O3. The van der Waals surface area contributed by atoms with Gasteiger partial charge in [-0.3, -0.25) is 0 Å². The summed E-state index contributed by atoms with van der Waals surface area (Å²) in [5.74, 6) is 1.94. The molecule has 3 aromatic rings. The highest BCUT2D eigenvalue weighted by molar-refractivity contribution is 5.90. The van der Waals surface area contributed by atoms with Crippen LogP contribution in [0.3, 0.4) is 0 Å². The lowest BCUT2D eigenvalue weighted by Crippen LogP contribution is -2.44. The summed E-state index contributed by atoms with van der Waals surface area (Å²) in [5, 5.41) is 3.02. The molecule has 2 amide bonds. The van der Waals surface area contributed by atoms with Crippen LogP contribution < -0.4 is 14.8 Å². The van der Waals surface area contributed by atoms with Crippen molar-refractivity contribution in [3.8, 4) is 22.9 Å². The van der Waals surface area contributed by atoms with E-state index in [1.807, 2.05) is 47.5 Å². The van der Waals surface area contributed by atoms with Crippen molar-refractivity contribution in [1.82, 2.24) is 14.9 Å². The van der Waals surface area contributed by atoms with Crippen molar-refractivity contribution in [3.05, 3.63) is 66.0 Å². The molecule has 2 aliphatic heterocycles. The fourth-order valence-electron chi connectivity index (χ4n) is 4.62. The minimum absolute atomic E-state index is 0.00119. The molecule has 0 spiro atoms. The number of hydrogen-bond donors (Lipinski definition) is 1. The van der Waals surface area contributed by atoms with E-state index in [2.05, 4.69) is 10.3 Å². The van der Waals surface area contributed by atoms with Crippen LogP contribution in [-0.2, 0) is 6.42 Å². The van der Waals surface area contributed by atoms with Crippen LogP contribution in [0.4, 0.5) is 10.5 Å². The van der Waals surface area contributed by atoms with Crippen molar-refractivity contribution in [2.75, 3.05) is 19.5 Å². The number of ether oxygens (including phenoxy) is 2. The van der Waals surface area contributed by atoms with Crippen molar-refractivity contribution in [2.45, 2.75) is 31.3 Å². The molecule has 31 heavy (non-hydrogen) atoms. The number of amides is 2. The molecule has 1 N–H and O–H groups in total. The molecule has 2 bridgehead atoms. The molecule has 3 heterocycles. The number of hydrogen-bond acceptors (Lipinski definition) is 5. The van der Waals surface area contributed by atoms with Gasteiger partial charge in [0.2, 0.25) is 0 Å². The molecule has 1 saturated heterocycles. The van der Waals surface area contributed by atoms with E-state index >= 15 is 0 Å². The third-order valence-electron chi connectivity index (χ3n) is 6.09. The average molecular weight is 416 g/mol. The molecule has 0 aliphatic carbocycles. The Morgan fingerprint density at radius 1 is 1.06 bits per heavy atom. The molecule has 5 rings (SSSR count). The highest BCUT2D eigenvalue weighted by Gasteiger charge is 2.43. The van der Waals surface area contributed by atoms with Gasteiger partial charge in [0.1, 0.15) is 0 Å². The predicted molar refractivity (Wildman–Crippen MR) is 117 cm³/mol. The van der Waals surface area contributed by atoms with Gasteiger partial charge in [0.15, 0.2) is 17.3 Å². The quantitative estimate of drug-likeness (QED) is 0.680. The van der Waals surface area contributed by atoms with Gasteiger partial charge in [-0.2, -0.15) is 0 Å². The van der Waals surface area contributed by atoms with Crippen LogP contribution in [0.15, 0.2) is 54.7 Å². The third kappa shape index (κ3) is 3.46. The van der Waals surface area contributed by atoms with Crippen molar-refractivity contribution in [2.24, 2.45) is 0 Å². The van der Waals surface area contributed by atoms with E-state index in [1.165, 1.54) is 0 Å². The van der Waals surface area contributed by atoms with Crippen LogP contribution in [0.5, 0.6) is 11.5 Å². The molecule has 2 unspecified atom stereocenters. The zero-order chi connectivity index (χ0) is 21.4. The summed E-state index contributed by atoms with van der Waals surface area (Å²) in [6.45, 7) is 0. The Kier molecular flexibility index (Phi) is 4.94. The largest absolute Gasteiger partial charge is 0.493 e. The Morgan fingerprint density at radius 2 is 1.87 bits per heavy atom. The number of nitrogens with zero attached hydrogens (tertiary/aromatic N) is 3. The topological polar surface area (TPSA) is 76.6 Å². The Hall–Kier alpha value is -3.61. The van der Waals surface area contributed by atoms with Gasteiger partial charge >= 0.3 is 6.03 Å². The standard InChI is InChI=1S/C24H24N4O3/c1-30-21-11-8-16(12-22(21)31-2)26-24(29)28-17-9-10-20(28)18-14-25-23(27-19(18)13-17)15-6-4-3-5-7-15/h3-8,11-12,14,17,20H,9-10,13H2,1-2H3,(H,26,29). The van der Waals surface area contributed by atoms with E-state index in [-0.39, 0.29) is 18.1 Å². The number of fused-ring (bicyclic) bond motifs is 4. The summed E-state index contributed by atoms with van der Waals surface area (Å²) in [6.07, 6.45) is 4.52. The van der Waals surface area contributed by atoms with Crippen molar-refractivity contribution in [1.29, 1.82) is 0 Å². The summed E-state index contributed by atoms with van der Waals surface area (Å²) in [6, 6.07) is 15.4. The second kappa shape index (κ2) is 7.91. The minimum Gasteiger partial charge on any atom is -0.493 e. The maximum atomic E-state index is 13.2. The fraction of sp³-hybridized carbons (Fsp3) is 0.292. The number of urea groups is 1. The molecule has 0 saturated carbocycles. The van der Waals surface area contributed by atoms with Crippen molar-refractivity contribution < 1.29 is 14.3 Å². The van der Waals surface area contributed by atoms with Crippen LogP contribution in [-0.4, -0.2) is 41.2 Å². The smallest absolute Gasteiger partial charge is 0.322 e. The van der Waals surface area contributed by atoms with Crippen LogP contribution in [0.25, 0.3) is 11.4 Å². The number of methoxy groups -OCH3 is 2. The van der Waals surface area contributed by atoms with E-state index in [0.29, 0.717) is 17.2 Å². The third-order valence-corrected chi connectivity index (χ3v) is 6.09. The number of carbonyl (C=O) groups excluding carboxylic acids is 1. The zero-order valence-electron chi connectivity index (χ0n) is 17.5. The molecule has 7 heteroatoms. The van der Waals surface area contributed by atoms with Gasteiger partial charge in [-0.05, 0) is 25.0 Å². The molecule has 2 atom stereocenters. The number of benzene rings is 2. The SMILES string of the molecule is COc1ccc(NC(=O)N2C3CCC2c2cnc(-c4ccccc4)nc2C3)cc1OC. The summed E-state index contributed by atoms with van der Waals surface area (Å²) in [4.78, 5) is 24.6. The summed E-state index contributed by atoms with van der Waals surface area (Å²) < 4.78 is 10.6. The summed E-state index contributed by atoms with van der Waals surface area (Å²) >= 11 is 0. The van der Waals surface area contributed by atoms with E-state index in [1.54, 1.807) is 26.4 Å². The first-order valence-electron chi connectivity index (χ1n) is 10.4. The van der Waals surface area contributed by atoms with E-state index in [9.17, 15) is 4.79 Å². The monoisotopic (exact) mass is 416 g/mol. The Labute approximate surface area is 181 Å². The second-order valence-corrected chi connectivity index (χ2v) is 7.82. The maximum absolute atomic E-state index is 13.2. The van der Waals surface area contributed by atoms with Gasteiger partial charge < -0.3 is 19.7 Å². The summed E-state index contributed by atoms with van der Waals surface area (Å²) in [5.41, 5.74) is 3.78. The van der Waals surface area contributed by atoms with Crippen molar-refractivity contribution in [3.63, 3.8) is 0 Å². The highest BCUT2D eigenvalue weighted by Crippen LogP contribution is 2.43. The van der Waals surface area contributed by atoms with E-state index < -0.39 is 0 Å². The zero-order valence-corrected chi connectivity index (χ0v) is 17.5. The second-order valence-electron chi connectivity index (χ2n) is 7.82. The van der Waals surface area contributed by atoms with Crippen LogP contribution >= 0.6 is 0 Å². The van der Waals surface area contributed by atoms with Gasteiger partial charge in [0, 0.05) is 41.5 Å². The van der Waals surface area contributed by atoms with Gasteiger partial charge in [-0.15, -0.1) is 0 Å². The first kappa shape index (κ1) is 19.4. The van der Waals surface area contributed by atoms with Gasteiger partial charge in [0.05, 0.1) is 26.0 Å². The number of rotatable bonds is 4. The number of nitrogens with one attached hydrogen (secondary N) is 1. The highest BCUT2D eigenvalue weighted by atomic mass is 16.5. The number of anilines is 1. The van der Waals surface area contributed by atoms with E-state index in [4.69, 9.17) is 14.5 Å². The Morgan fingerprint density at radius 3 is 2.65 bits per heavy atom. The first-order valence-corrected chi connectivity index (χ1v) is 10.4. The lowest BCUT2D eigenvalue weighted by molar-refractivity contribution is 0.178. The average Bonchev–Trinajstić information content (AvgIpc) is 3.14. The number of aromatic nitrogens is 2. The Balaban J connectivity index is 1.39. The normalized spacial score (nSPS) is 19.0. The van der Waals surface area contributed by atoms with Crippen molar-refractivity contribution >= 4 is 11.7 Å². The fourth-order valence-corrected chi connectivity index (χ4v) is 4.62. The minimum atomic E-state index is -0.113. The lowest BCUT2D eigenvalue weighted by atomic mass is 9.99. The maximum Gasteiger partial charge on any atom is 0.322 e. The molecule has 7 nitrogen and oxygen atoms in total. The lowest BCUT2D eigenvalue weighted by Gasteiger charge is -2.35. The van der Waals surface area contributed by atoms with Gasteiger partial charge in [-0.25, -0.2) is 14.8 Å². The first-order chi connectivity index (χ1) is 15.2. The molecule has 0 radical (unpaired) electrons. The molecular weight excluding hydrogens is 392 g/mol. The molecule has 1 fully saturated rings. The van der Waals surface area contributed by atoms with Crippen LogP contribution in [0, 0.1) is 0 Å². The molecule has 158 valence electrons. The predicted octanol–water partition coefficient (Wildman–Crippen LogP) is 4.45. The van der Waals surface area contributed by atoms with Gasteiger partial charge in [0.25, 0.3) is 0 Å². The molecule has 2 aromatic carbocycles. The molecule has 1 aromatic heterocycles. The summed E-state index contributed by atoms with van der Waals surface area (Å²) in [7, 11) is 3.17. The molecule has 2 aliphatic rings.